The van der Waals surface area contributed by atoms with Crippen LogP contribution in [0.4, 0.5) is 0 Å². The van der Waals surface area contributed by atoms with E-state index in [1.807, 2.05) is 6.92 Å². The Morgan fingerprint density at radius 3 is 2.38 bits per heavy atom. The Hall–Kier alpha value is -0.780. The van der Waals surface area contributed by atoms with Gasteiger partial charge in [0.25, 0.3) is 0 Å². The Morgan fingerprint density at radius 1 is 1.19 bits per heavy atom. The molecule has 2 N–H and O–H groups in total. The zero-order valence-electron chi connectivity index (χ0n) is 10.4. The Labute approximate surface area is 98.6 Å². The minimum absolute atomic E-state index is 0.153. The molecule has 0 aliphatic rings. The van der Waals surface area contributed by atoms with Crippen molar-refractivity contribution >= 4 is 15.8 Å². The Bertz CT molecular complexity index is 299. The number of sulfone groups is 1. The minimum atomic E-state index is -2.90. The maximum Gasteiger partial charge on any atom is 0.191 e. The second kappa shape index (κ2) is 8.38. The van der Waals surface area contributed by atoms with Crippen molar-refractivity contribution in [3.05, 3.63) is 0 Å². The van der Waals surface area contributed by atoms with E-state index in [1.165, 1.54) is 0 Å². The van der Waals surface area contributed by atoms with Crippen molar-refractivity contribution in [2.75, 3.05) is 31.1 Å². The first-order chi connectivity index (χ1) is 7.55. The van der Waals surface area contributed by atoms with Crippen LogP contribution in [0.1, 0.15) is 27.2 Å². The van der Waals surface area contributed by atoms with Gasteiger partial charge in [-0.1, -0.05) is 13.8 Å². The molecule has 96 valence electrons. The molecule has 16 heavy (non-hydrogen) atoms. The quantitative estimate of drug-likeness (QED) is 0.506. The molecule has 0 aromatic rings. The lowest BCUT2D eigenvalue weighted by Crippen LogP contribution is -2.39. The van der Waals surface area contributed by atoms with Crippen LogP contribution in [0.25, 0.3) is 0 Å². The van der Waals surface area contributed by atoms with Crippen molar-refractivity contribution in [3.8, 4) is 0 Å². The SMILES string of the molecule is CCCN=C(NCC)NCCS(=O)(=O)CC. The fourth-order valence-electron chi connectivity index (χ4n) is 1.03. The molecule has 0 bridgehead atoms. The van der Waals surface area contributed by atoms with Gasteiger partial charge in [0.05, 0.1) is 5.75 Å². The number of rotatable bonds is 7. The van der Waals surface area contributed by atoms with E-state index < -0.39 is 9.84 Å². The largest absolute Gasteiger partial charge is 0.357 e. The molecule has 0 rings (SSSR count). The smallest absolute Gasteiger partial charge is 0.191 e. The second-order valence-corrected chi connectivity index (χ2v) is 5.90. The van der Waals surface area contributed by atoms with Gasteiger partial charge in [-0.05, 0) is 13.3 Å². The van der Waals surface area contributed by atoms with Gasteiger partial charge in [-0.15, -0.1) is 0 Å². The van der Waals surface area contributed by atoms with Crippen LogP contribution in [0.2, 0.25) is 0 Å². The fraction of sp³-hybridized carbons (Fsp3) is 0.900. The zero-order valence-corrected chi connectivity index (χ0v) is 11.2. The van der Waals surface area contributed by atoms with E-state index in [2.05, 4.69) is 22.5 Å². The van der Waals surface area contributed by atoms with E-state index in [1.54, 1.807) is 6.92 Å². The van der Waals surface area contributed by atoms with Crippen LogP contribution in [-0.4, -0.2) is 45.5 Å². The summed E-state index contributed by atoms with van der Waals surface area (Å²) in [5.41, 5.74) is 0. The molecule has 0 atom stereocenters. The molecule has 0 aliphatic heterocycles. The topological polar surface area (TPSA) is 70.6 Å². The number of hydrogen-bond acceptors (Lipinski definition) is 3. The van der Waals surface area contributed by atoms with Crippen molar-refractivity contribution in [2.45, 2.75) is 27.2 Å². The van der Waals surface area contributed by atoms with Gasteiger partial charge in [0.1, 0.15) is 0 Å². The highest BCUT2D eigenvalue weighted by atomic mass is 32.2. The van der Waals surface area contributed by atoms with Crippen molar-refractivity contribution in [1.82, 2.24) is 10.6 Å². The van der Waals surface area contributed by atoms with Crippen molar-refractivity contribution in [2.24, 2.45) is 4.99 Å². The highest BCUT2D eigenvalue weighted by Gasteiger charge is 2.06. The van der Waals surface area contributed by atoms with Crippen molar-refractivity contribution < 1.29 is 8.42 Å². The van der Waals surface area contributed by atoms with Crippen molar-refractivity contribution in [1.29, 1.82) is 0 Å². The van der Waals surface area contributed by atoms with Gasteiger partial charge in [-0.25, -0.2) is 8.42 Å². The van der Waals surface area contributed by atoms with Gasteiger partial charge in [-0.3, -0.25) is 4.99 Å². The lowest BCUT2D eigenvalue weighted by Gasteiger charge is -2.10. The van der Waals surface area contributed by atoms with Gasteiger partial charge in [0.2, 0.25) is 0 Å². The predicted octanol–water partition coefficient (Wildman–Crippen LogP) is 0.386. The van der Waals surface area contributed by atoms with E-state index in [4.69, 9.17) is 0 Å². The third-order valence-corrected chi connectivity index (χ3v) is 3.69. The Morgan fingerprint density at radius 2 is 1.88 bits per heavy atom. The average molecular weight is 249 g/mol. The molecule has 0 spiro atoms. The third-order valence-electron chi connectivity index (χ3n) is 1.98. The van der Waals surface area contributed by atoms with Gasteiger partial charge in [0.15, 0.2) is 15.8 Å². The standard InChI is InChI=1S/C10H23N3O2S/c1-4-7-12-10(11-5-2)13-8-9-16(14,15)6-3/h4-9H2,1-3H3,(H2,11,12,13). The third kappa shape index (κ3) is 7.50. The molecular formula is C10H23N3O2S. The molecule has 0 saturated heterocycles. The van der Waals surface area contributed by atoms with Gasteiger partial charge >= 0.3 is 0 Å². The monoisotopic (exact) mass is 249 g/mol. The molecule has 0 aliphatic carbocycles. The summed E-state index contributed by atoms with van der Waals surface area (Å²) in [5, 5.41) is 6.07. The number of nitrogens with zero attached hydrogens (tertiary/aromatic N) is 1. The highest BCUT2D eigenvalue weighted by Crippen LogP contribution is 1.87. The molecule has 0 aromatic heterocycles. The van der Waals surface area contributed by atoms with E-state index in [-0.39, 0.29) is 11.5 Å². The molecule has 5 nitrogen and oxygen atoms in total. The first-order valence-electron chi connectivity index (χ1n) is 5.78. The molecule has 0 unspecified atom stereocenters. The van der Waals surface area contributed by atoms with E-state index in [0.29, 0.717) is 12.5 Å². The van der Waals surface area contributed by atoms with Crippen molar-refractivity contribution in [3.63, 3.8) is 0 Å². The van der Waals surface area contributed by atoms with E-state index in [9.17, 15) is 8.42 Å². The van der Waals surface area contributed by atoms with Gasteiger partial charge in [-0.2, -0.15) is 0 Å². The fourth-order valence-corrected chi connectivity index (χ4v) is 1.74. The Kier molecular flexibility index (Phi) is 7.97. The summed E-state index contributed by atoms with van der Waals surface area (Å²) in [6.45, 7) is 7.61. The Balaban J connectivity index is 4.03. The molecule has 0 saturated carbocycles. The second-order valence-electron chi connectivity index (χ2n) is 3.42. The molecule has 0 amide bonds. The lowest BCUT2D eigenvalue weighted by molar-refractivity contribution is 0.595. The van der Waals surface area contributed by atoms with Crippen LogP contribution in [0.15, 0.2) is 4.99 Å². The lowest BCUT2D eigenvalue weighted by atomic mass is 10.5. The minimum Gasteiger partial charge on any atom is -0.357 e. The first-order valence-corrected chi connectivity index (χ1v) is 7.60. The maximum absolute atomic E-state index is 11.3. The zero-order chi connectivity index (χ0) is 12.4. The number of nitrogens with one attached hydrogen (secondary N) is 2. The van der Waals surface area contributed by atoms with Crippen LogP contribution in [0.5, 0.6) is 0 Å². The van der Waals surface area contributed by atoms with E-state index in [0.717, 1.165) is 19.5 Å². The summed E-state index contributed by atoms with van der Waals surface area (Å²) >= 11 is 0. The molecule has 0 aromatic carbocycles. The first kappa shape index (κ1) is 15.2. The van der Waals surface area contributed by atoms with Gasteiger partial charge in [0, 0.05) is 25.4 Å². The van der Waals surface area contributed by atoms with Crippen LogP contribution in [0, 0.1) is 0 Å². The van der Waals surface area contributed by atoms with Crippen LogP contribution < -0.4 is 10.6 Å². The normalized spacial score (nSPS) is 12.6. The molecule has 0 heterocycles. The molecular weight excluding hydrogens is 226 g/mol. The number of hydrogen-bond donors (Lipinski definition) is 2. The number of guanidine groups is 1. The summed E-state index contributed by atoms with van der Waals surface area (Å²) in [5.74, 6) is 1.04. The molecule has 6 heteroatoms. The summed E-state index contributed by atoms with van der Waals surface area (Å²) in [6, 6.07) is 0. The summed E-state index contributed by atoms with van der Waals surface area (Å²) < 4.78 is 22.5. The van der Waals surface area contributed by atoms with E-state index >= 15 is 0 Å². The average Bonchev–Trinajstić information content (AvgIpc) is 2.25. The van der Waals surface area contributed by atoms with Crippen LogP contribution >= 0.6 is 0 Å². The maximum atomic E-state index is 11.3. The van der Waals surface area contributed by atoms with Crippen LogP contribution in [0.3, 0.4) is 0 Å². The van der Waals surface area contributed by atoms with Gasteiger partial charge < -0.3 is 10.6 Å². The molecule has 0 radical (unpaired) electrons. The molecule has 0 fully saturated rings. The summed E-state index contributed by atoms with van der Waals surface area (Å²) in [7, 11) is -2.90. The number of aliphatic imine (C=N–C) groups is 1. The highest BCUT2D eigenvalue weighted by molar-refractivity contribution is 7.91. The summed E-state index contributed by atoms with van der Waals surface area (Å²) in [6.07, 6.45) is 0.976. The summed E-state index contributed by atoms with van der Waals surface area (Å²) in [4.78, 5) is 4.28. The van der Waals surface area contributed by atoms with Crippen LogP contribution in [-0.2, 0) is 9.84 Å². The predicted molar refractivity (Wildman–Crippen MR) is 68.6 cm³/mol.